The minimum absolute atomic E-state index is 0.0308. The van der Waals surface area contributed by atoms with Gasteiger partial charge in [-0.15, -0.1) is 0 Å². The van der Waals surface area contributed by atoms with E-state index in [0.29, 0.717) is 6.04 Å². The summed E-state index contributed by atoms with van der Waals surface area (Å²) in [5.74, 6) is 1.23. The van der Waals surface area contributed by atoms with Gasteiger partial charge in [0.2, 0.25) is 0 Å². The summed E-state index contributed by atoms with van der Waals surface area (Å²) in [5, 5.41) is 3.57. The zero-order chi connectivity index (χ0) is 12.8. The predicted octanol–water partition coefficient (Wildman–Crippen LogP) is 3.94. The summed E-state index contributed by atoms with van der Waals surface area (Å²) in [6, 6.07) is 5.84. The van der Waals surface area contributed by atoms with Crippen LogP contribution in [0.5, 0.6) is 0 Å². The number of thioether (sulfide) groups is 1. The van der Waals surface area contributed by atoms with Crippen molar-refractivity contribution in [1.29, 1.82) is 0 Å². The third-order valence-corrected chi connectivity index (χ3v) is 4.33. The van der Waals surface area contributed by atoms with Crippen LogP contribution in [-0.2, 0) is 6.42 Å². The molecule has 0 heterocycles. The molecule has 1 aliphatic carbocycles. The van der Waals surface area contributed by atoms with Crippen molar-refractivity contribution < 1.29 is 4.39 Å². The Bertz CT molecular complexity index is 381. The fourth-order valence-corrected chi connectivity index (χ4v) is 3.14. The number of hydrogen-bond acceptors (Lipinski definition) is 2. The Hall–Kier alpha value is -0.540. The van der Waals surface area contributed by atoms with E-state index < -0.39 is 0 Å². The average Bonchev–Trinajstić information content (AvgIpc) is 2.79. The van der Waals surface area contributed by atoms with Crippen LogP contribution in [0.25, 0.3) is 0 Å². The summed E-state index contributed by atoms with van der Waals surface area (Å²) < 4.78 is 13.6. The van der Waals surface area contributed by atoms with Crippen molar-refractivity contribution in [3.8, 4) is 0 Å². The third kappa shape index (κ3) is 3.48. The van der Waals surface area contributed by atoms with Crippen LogP contribution in [0.4, 0.5) is 4.39 Å². The first kappa shape index (κ1) is 13.9. The number of nitrogens with one attached hydrogen (secondary N) is 1. The standard InChI is InChI=1S/C15H22FNS/c1-18-11-4-2-3-10-17-15-9-8-12-13(15)6-5-7-14(12)16/h5-7,15,17H,2-4,8-11H2,1H3. The van der Waals surface area contributed by atoms with Crippen LogP contribution in [0.2, 0.25) is 0 Å². The van der Waals surface area contributed by atoms with Crippen molar-refractivity contribution >= 4 is 11.8 Å². The highest BCUT2D eigenvalue weighted by molar-refractivity contribution is 7.98. The van der Waals surface area contributed by atoms with Gasteiger partial charge in [-0.2, -0.15) is 11.8 Å². The van der Waals surface area contributed by atoms with Crippen LogP contribution in [0.1, 0.15) is 42.9 Å². The number of rotatable bonds is 7. The zero-order valence-corrected chi connectivity index (χ0v) is 11.9. The first-order valence-corrected chi connectivity index (χ1v) is 8.22. The van der Waals surface area contributed by atoms with Crippen LogP contribution in [0.15, 0.2) is 18.2 Å². The van der Waals surface area contributed by atoms with Crippen molar-refractivity contribution in [2.75, 3.05) is 18.6 Å². The van der Waals surface area contributed by atoms with E-state index in [-0.39, 0.29) is 5.82 Å². The molecule has 0 spiro atoms. The molecule has 3 heteroatoms. The van der Waals surface area contributed by atoms with Gasteiger partial charge < -0.3 is 5.32 Å². The maximum Gasteiger partial charge on any atom is 0.126 e. The summed E-state index contributed by atoms with van der Waals surface area (Å²) in [7, 11) is 0. The first-order chi connectivity index (χ1) is 8.83. The molecule has 0 radical (unpaired) electrons. The fraction of sp³-hybridized carbons (Fsp3) is 0.600. The van der Waals surface area contributed by atoms with Gasteiger partial charge in [0.05, 0.1) is 0 Å². The topological polar surface area (TPSA) is 12.0 Å². The van der Waals surface area contributed by atoms with Crippen molar-refractivity contribution in [2.45, 2.75) is 38.1 Å². The monoisotopic (exact) mass is 267 g/mol. The van der Waals surface area contributed by atoms with Crippen molar-refractivity contribution in [3.05, 3.63) is 35.1 Å². The van der Waals surface area contributed by atoms with Crippen LogP contribution >= 0.6 is 11.8 Å². The van der Waals surface area contributed by atoms with Gasteiger partial charge in [-0.05, 0) is 61.4 Å². The van der Waals surface area contributed by atoms with Gasteiger partial charge in [-0.1, -0.05) is 18.6 Å². The fourth-order valence-electron chi connectivity index (χ4n) is 2.65. The number of halogens is 1. The summed E-state index contributed by atoms with van der Waals surface area (Å²) in [6.07, 6.45) is 7.90. The highest BCUT2D eigenvalue weighted by Crippen LogP contribution is 2.32. The molecule has 0 bridgehead atoms. The molecule has 0 aromatic heterocycles. The molecule has 1 nitrogen and oxygen atoms in total. The highest BCUT2D eigenvalue weighted by Gasteiger charge is 2.23. The lowest BCUT2D eigenvalue weighted by Crippen LogP contribution is -2.20. The lowest BCUT2D eigenvalue weighted by atomic mass is 10.1. The lowest BCUT2D eigenvalue weighted by Gasteiger charge is -2.13. The molecule has 1 unspecified atom stereocenters. The zero-order valence-electron chi connectivity index (χ0n) is 11.0. The molecule has 0 amide bonds. The van der Waals surface area contributed by atoms with Gasteiger partial charge in [0.25, 0.3) is 0 Å². The molecule has 100 valence electrons. The second kappa shape index (κ2) is 7.15. The number of hydrogen-bond donors (Lipinski definition) is 1. The third-order valence-electron chi connectivity index (χ3n) is 3.63. The molecule has 0 aliphatic heterocycles. The van der Waals surface area contributed by atoms with Gasteiger partial charge in [-0.25, -0.2) is 4.39 Å². The maximum absolute atomic E-state index is 13.6. The smallest absolute Gasteiger partial charge is 0.126 e. The molecular formula is C15H22FNS. The molecule has 0 saturated heterocycles. The highest BCUT2D eigenvalue weighted by atomic mass is 32.2. The molecular weight excluding hydrogens is 245 g/mol. The van der Waals surface area contributed by atoms with Crippen molar-refractivity contribution in [3.63, 3.8) is 0 Å². The molecule has 1 aromatic rings. The number of benzene rings is 1. The first-order valence-electron chi connectivity index (χ1n) is 6.82. The van der Waals surface area contributed by atoms with Crippen molar-refractivity contribution in [1.82, 2.24) is 5.32 Å². The van der Waals surface area contributed by atoms with E-state index in [1.165, 1.54) is 30.6 Å². The maximum atomic E-state index is 13.6. The van der Waals surface area contributed by atoms with Gasteiger partial charge in [0.1, 0.15) is 5.82 Å². The second-order valence-corrected chi connectivity index (χ2v) is 5.89. The van der Waals surface area contributed by atoms with E-state index in [9.17, 15) is 4.39 Å². The molecule has 1 aromatic carbocycles. The predicted molar refractivity (Wildman–Crippen MR) is 77.7 cm³/mol. The minimum atomic E-state index is -0.0308. The Balaban J connectivity index is 1.75. The number of fused-ring (bicyclic) bond motifs is 1. The van der Waals surface area contributed by atoms with E-state index in [1.54, 1.807) is 6.07 Å². The van der Waals surface area contributed by atoms with E-state index >= 15 is 0 Å². The van der Waals surface area contributed by atoms with E-state index in [2.05, 4.69) is 17.6 Å². The average molecular weight is 267 g/mol. The van der Waals surface area contributed by atoms with Crippen molar-refractivity contribution in [2.24, 2.45) is 0 Å². The van der Waals surface area contributed by atoms with E-state index in [0.717, 1.165) is 24.9 Å². The van der Waals surface area contributed by atoms with Crippen LogP contribution in [-0.4, -0.2) is 18.6 Å². The molecule has 0 fully saturated rings. The van der Waals surface area contributed by atoms with Gasteiger partial charge in [-0.3, -0.25) is 0 Å². The molecule has 2 rings (SSSR count). The number of unbranched alkanes of at least 4 members (excludes halogenated alkanes) is 2. The Morgan fingerprint density at radius 3 is 3.06 bits per heavy atom. The van der Waals surface area contributed by atoms with E-state index in [4.69, 9.17) is 0 Å². The quantitative estimate of drug-likeness (QED) is 0.751. The van der Waals surface area contributed by atoms with Crippen LogP contribution in [0, 0.1) is 5.82 Å². The second-order valence-electron chi connectivity index (χ2n) is 4.91. The normalized spacial score (nSPS) is 18.0. The van der Waals surface area contributed by atoms with Crippen LogP contribution < -0.4 is 5.32 Å². The molecule has 1 aliphatic rings. The summed E-state index contributed by atoms with van der Waals surface area (Å²) >= 11 is 1.92. The van der Waals surface area contributed by atoms with Crippen LogP contribution in [0.3, 0.4) is 0 Å². The summed E-state index contributed by atoms with van der Waals surface area (Å²) in [6.45, 7) is 1.05. The van der Waals surface area contributed by atoms with E-state index in [1.807, 2.05) is 17.8 Å². The lowest BCUT2D eigenvalue weighted by molar-refractivity contribution is 0.511. The molecule has 0 saturated carbocycles. The Morgan fingerprint density at radius 1 is 1.33 bits per heavy atom. The molecule has 1 N–H and O–H groups in total. The minimum Gasteiger partial charge on any atom is -0.310 e. The Kier molecular flexibility index (Phi) is 5.51. The molecule has 1 atom stereocenters. The summed E-state index contributed by atoms with van der Waals surface area (Å²) in [4.78, 5) is 0. The summed E-state index contributed by atoms with van der Waals surface area (Å²) in [5.41, 5.74) is 2.11. The van der Waals surface area contributed by atoms with Gasteiger partial charge >= 0.3 is 0 Å². The Labute approximate surface area is 114 Å². The molecule has 18 heavy (non-hydrogen) atoms. The Morgan fingerprint density at radius 2 is 2.22 bits per heavy atom. The van der Waals surface area contributed by atoms with Gasteiger partial charge in [0, 0.05) is 6.04 Å². The van der Waals surface area contributed by atoms with Gasteiger partial charge in [0.15, 0.2) is 0 Å². The largest absolute Gasteiger partial charge is 0.310 e. The SMILES string of the molecule is CSCCCCCNC1CCc2c(F)cccc21.